The van der Waals surface area contributed by atoms with Gasteiger partial charge in [0, 0.05) is 11.8 Å². The number of rotatable bonds is 2. The highest BCUT2D eigenvalue weighted by atomic mass is 35.5. The van der Waals surface area contributed by atoms with Crippen molar-refractivity contribution in [3.05, 3.63) is 0 Å². The van der Waals surface area contributed by atoms with Gasteiger partial charge in [-0.05, 0) is 6.92 Å². The van der Waals surface area contributed by atoms with Gasteiger partial charge < -0.3 is 4.74 Å². The molecule has 0 aliphatic heterocycles. The molecule has 0 bridgehead atoms. The Morgan fingerprint density at radius 3 is 2.78 bits per heavy atom. The third-order valence-corrected chi connectivity index (χ3v) is 0.538. The molecule has 54 valence electrons. The number of ether oxygens (including phenoxy) is 1. The van der Waals surface area contributed by atoms with Crippen LogP contribution in [0, 0.1) is 0 Å². The zero-order chi connectivity index (χ0) is 6.41. The first kappa shape index (κ1) is 11.5. The summed E-state index contributed by atoms with van der Waals surface area (Å²) in [6.45, 7) is 2.06. The summed E-state index contributed by atoms with van der Waals surface area (Å²) in [5.74, 6) is -0.512. The van der Waals surface area contributed by atoms with Crippen molar-refractivity contribution in [3.8, 4) is 0 Å². The van der Waals surface area contributed by atoms with Gasteiger partial charge in [0.15, 0.2) is 0 Å². The Kier molecular flexibility index (Phi) is 9.87. The van der Waals surface area contributed by atoms with Gasteiger partial charge in [0.25, 0.3) is 0 Å². The number of nitrogens with zero attached hydrogens (tertiary/aromatic N) is 1. The molecule has 0 aliphatic carbocycles. The second-order valence-corrected chi connectivity index (χ2v) is 1.17. The Hall–Kier alpha value is -0.280. The van der Waals surface area contributed by atoms with Gasteiger partial charge in [-0.25, -0.2) is 4.79 Å². The summed E-state index contributed by atoms with van der Waals surface area (Å²) in [6.07, 6.45) is 0.908. The van der Waals surface area contributed by atoms with Crippen LogP contribution in [0.25, 0.3) is 0 Å². The zero-order valence-electron chi connectivity index (χ0n) is 4.83. The van der Waals surface area contributed by atoms with Crippen LogP contribution in [0.5, 0.6) is 0 Å². The minimum absolute atomic E-state index is 0. The lowest BCUT2D eigenvalue weighted by atomic mass is 10.7. The molecule has 0 aromatic carbocycles. The van der Waals surface area contributed by atoms with Gasteiger partial charge in [0.1, 0.15) is 6.21 Å². The summed E-state index contributed by atoms with van der Waals surface area (Å²) in [5.41, 5.74) is 0. The molecule has 0 N–H and O–H groups in total. The number of carbonyl (C=O) groups excluding carboxylic acids is 1. The fourth-order valence-corrected chi connectivity index (χ4v) is 0.299. The van der Waals surface area contributed by atoms with Gasteiger partial charge in [-0.2, -0.15) is 4.51 Å². The predicted molar refractivity (Wildman–Crippen MR) is 38.2 cm³/mol. The van der Waals surface area contributed by atoms with Crippen molar-refractivity contribution in [2.24, 2.45) is 4.51 Å². The number of hydrogen-bond donors (Lipinski definition) is 0. The maximum atomic E-state index is 10.2. The van der Waals surface area contributed by atoms with Crippen LogP contribution in [0.4, 0.5) is 0 Å². The molecule has 0 rings (SSSR count). The van der Waals surface area contributed by atoms with E-state index in [1.54, 1.807) is 6.92 Å². The topological polar surface area (TPSA) is 38.7 Å². The van der Waals surface area contributed by atoms with Gasteiger partial charge in [0.05, 0.1) is 6.61 Å². The highest BCUT2D eigenvalue weighted by Crippen LogP contribution is 1.75. The lowest BCUT2D eigenvalue weighted by Crippen LogP contribution is -2.03. The molecule has 5 heteroatoms. The van der Waals surface area contributed by atoms with Crippen LogP contribution in [0.2, 0.25) is 0 Å². The van der Waals surface area contributed by atoms with Crippen molar-refractivity contribution in [1.29, 1.82) is 0 Å². The quantitative estimate of drug-likeness (QED) is 0.463. The molecule has 0 unspecified atom stereocenters. The SMILES string of the molecule is CCOC(=O)/C=N/Cl.Cl. The average molecular weight is 172 g/mol. The van der Waals surface area contributed by atoms with E-state index in [0.717, 1.165) is 6.21 Å². The van der Waals surface area contributed by atoms with Gasteiger partial charge in [-0.15, -0.1) is 12.4 Å². The lowest BCUT2D eigenvalue weighted by Gasteiger charge is -1.90. The first-order chi connectivity index (χ1) is 3.81. The van der Waals surface area contributed by atoms with Gasteiger partial charge in [-0.3, -0.25) is 0 Å². The van der Waals surface area contributed by atoms with Crippen LogP contribution in [0.3, 0.4) is 0 Å². The zero-order valence-corrected chi connectivity index (χ0v) is 6.41. The first-order valence-electron chi connectivity index (χ1n) is 2.12. The molecule has 0 aromatic rings. The third-order valence-electron chi connectivity index (χ3n) is 0.441. The van der Waals surface area contributed by atoms with Crippen LogP contribution < -0.4 is 0 Å². The monoisotopic (exact) mass is 171 g/mol. The summed E-state index contributed by atoms with van der Waals surface area (Å²) < 4.78 is 7.34. The van der Waals surface area contributed by atoms with Crippen molar-refractivity contribution < 1.29 is 9.53 Å². The van der Waals surface area contributed by atoms with Crippen LogP contribution in [-0.4, -0.2) is 18.8 Å². The molecule has 0 saturated carbocycles. The molecule has 0 aromatic heterocycles. The maximum absolute atomic E-state index is 10.2. The Labute approximate surface area is 64.6 Å². The molecule has 3 nitrogen and oxygen atoms in total. The molecule has 9 heavy (non-hydrogen) atoms. The fraction of sp³-hybridized carbons (Fsp3) is 0.500. The Morgan fingerprint density at radius 2 is 2.44 bits per heavy atom. The summed E-state index contributed by atoms with van der Waals surface area (Å²) in [5, 5.41) is 0. The van der Waals surface area contributed by atoms with E-state index in [1.165, 1.54) is 0 Å². The van der Waals surface area contributed by atoms with Crippen molar-refractivity contribution in [1.82, 2.24) is 0 Å². The summed E-state index contributed by atoms with van der Waals surface area (Å²) in [4.78, 5) is 10.2. The standard InChI is InChI=1S/C4H6ClNO2.ClH/c1-2-8-4(7)3-6-5;/h3H,2H2,1H3;1H/b6-3+;. The van der Waals surface area contributed by atoms with Crippen LogP contribution in [-0.2, 0) is 9.53 Å². The molecule has 0 heterocycles. The van der Waals surface area contributed by atoms with Crippen molar-refractivity contribution in [2.45, 2.75) is 6.92 Å². The Balaban J connectivity index is 0. The number of hydrogen-bond acceptors (Lipinski definition) is 3. The minimum Gasteiger partial charge on any atom is -0.462 e. The largest absolute Gasteiger partial charge is 0.462 e. The predicted octanol–water partition coefficient (Wildman–Crippen LogP) is 1.20. The van der Waals surface area contributed by atoms with E-state index in [0.29, 0.717) is 6.61 Å². The molecule has 0 amide bonds. The summed E-state index contributed by atoms with van der Waals surface area (Å²) in [6, 6.07) is 0. The van der Waals surface area contributed by atoms with Crippen molar-refractivity contribution in [2.75, 3.05) is 6.61 Å². The molecular weight excluding hydrogens is 165 g/mol. The molecule has 0 aliphatic rings. The van der Waals surface area contributed by atoms with E-state index < -0.39 is 5.97 Å². The maximum Gasteiger partial charge on any atom is 0.350 e. The van der Waals surface area contributed by atoms with Crippen molar-refractivity contribution in [3.63, 3.8) is 0 Å². The molecular formula is C4H7Cl2NO2. The second kappa shape index (κ2) is 7.72. The van der Waals surface area contributed by atoms with E-state index in [4.69, 9.17) is 11.8 Å². The van der Waals surface area contributed by atoms with Gasteiger partial charge >= 0.3 is 5.97 Å². The van der Waals surface area contributed by atoms with Crippen molar-refractivity contribution >= 4 is 36.4 Å². The van der Waals surface area contributed by atoms with E-state index in [1.807, 2.05) is 0 Å². The highest BCUT2D eigenvalue weighted by Gasteiger charge is 1.90. The minimum atomic E-state index is -0.512. The van der Waals surface area contributed by atoms with Gasteiger partial charge in [0.2, 0.25) is 0 Å². The van der Waals surface area contributed by atoms with E-state index >= 15 is 0 Å². The van der Waals surface area contributed by atoms with Crippen LogP contribution in [0.15, 0.2) is 4.51 Å². The molecule has 0 radical (unpaired) electrons. The molecule has 0 fully saturated rings. The summed E-state index contributed by atoms with van der Waals surface area (Å²) in [7, 11) is 0. The first-order valence-corrected chi connectivity index (χ1v) is 2.46. The van der Waals surface area contributed by atoms with E-state index in [-0.39, 0.29) is 12.4 Å². The number of carbonyl (C=O) groups is 1. The van der Waals surface area contributed by atoms with E-state index in [9.17, 15) is 4.79 Å². The van der Waals surface area contributed by atoms with E-state index in [2.05, 4.69) is 9.25 Å². The summed E-state index contributed by atoms with van der Waals surface area (Å²) >= 11 is 4.80. The third kappa shape index (κ3) is 7.72. The Bertz CT molecular complexity index is 105. The number of halogens is 2. The van der Waals surface area contributed by atoms with Crippen LogP contribution >= 0.6 is 24.2 Å². The Morgan fingerprint density at radius 1 is 1.89 bits per heavy atom. The number of esters is 1. The average Bonchev–Trinajstić information content (AvgIpc) is 1.68. The smallest absolute Gasteiger partial charge is 0.350 e. The molecule has 0 atom stereocenters. The molecule has 0 saturated heterocycles. The van der Waals surface area contributed by atoms with Gasteiger partial charge in [-0.1, -0.05) is 0 Å². The fourth-order valence-electron chi connectivity index (χ4n) is 0.219. The lowest BCUT2D eigenvalue weighted by molar-refractivity contribution is -0.134. The molecule has 0 spiro atoms. The normalized spacial score (nSPS) is 8.67. The second-order valence-electron chi connectivity index (χ2n) is 0.979. The van der Waals surface area contributed by atoms with Crippen LogP contribution in [0.1, 0.15) is 6.92 Å². The highest BCUT2D eigenvalue weighted by molar-refractivity contribution is 6.30.